The molecule has 2 aromatic rings. The van der Waals surface area contributed by atoms with E-state index in [1.54, 1.807) is 60.7 Å². The highest BCUT2D eigenvalue weighted by Crippen LogP contribution is 2.22. The van der Waals surface area contributed by atoms with Crippen molar-refractivity contribution in [1.82, 2.24) is 10.2 Å². The number of alkyl halides is 3. The van der Waals surface area contributed by atoms with E-state index in [0.29, 0.717) is 10.5 Å². The third kappa shape index (κ3) is 7.78. The average Bonchev–Trinajstić information content (AvgIpc) is 2.79. The van der Waals surface area contributed by atoms with Crippen LogP contribution in [0.2, 0.25) is 0 Å². The molecule has 176 valence electrons. The molecular formula is C24H25F3N2O4. The number of carbonyl (C=O) groups is 3. The molecule has 0 heterocycles. The van der Waals surface area contributed by atoms with E-state index < -0.39 is 42.6 Å². The number of benzene rings is 2. The van der Waals surface area contributed by atoms with Crippen LogP contribution in [0.3, 0.4) is 0 Å². The minimum absolute atomic E-state index is 0.0253. The molecule has 33 heavy (non-hydrogen) atoms. The fourth-order valence-electron chi connectivity index (χ4n) is 3.06. The molecule has 6 nitrogen and oxygen atoms in total. The fourth-order valence-corrected chi connectivity index (χ4v) is 3.06. The maximum Gasteiger partial charge on any atom is 0.471 e. The Morgan fingerprint density at radius 3 is 2.09 bits per heavy atom. The van der Waals surface area contributed by atoms with Gasteiger partial charge < -0.3 is 15.0 Å². The van der Waals surface area contributed by atoms with Gasteiger partial charge in [0.2, 0.25) is 5.91 Å². The van der Waals surface area contributed by atoms with Crippen molar-refractivity contribution in [3.05, 3.63) is 84.4 Å². The molecule has 9 heteroatoms. The van der Waals surface area contributed by atoms with Gasteiger partial charge in [0.05, 0.1) is 0 Å². The smallest absolute Gasteiger partial charge is 0.459 e. The van der Waals surface area contributed by atoms with Crippen LogP contribution in [0.1, 0.15) is 18.1 Å². The third-order valence-electron chi connectivity index (χ3n) is 4.72. The Bertz CT molecular complexity index is 949. The second kappa shape index (κ2) is 11.8. The molecule has 0 radical (unpaired) electrons. The number of ether oxygens (including phenoxy) is 1. The van der Waals surface area contributed by atoms with Crippen LogP contribution < -0.4 is 5.32 Å². The van der Waals surface area contributed by atoms with Crippen molar-refractivity contribution in [2.45, 2.75) is 38.2 Å². The summed E-state index contributed by atoms with van der Waals surface area (Å²) >= 11 is 0. The first kappa shape index (κ1) is 25.6. The van der Waals surface area contributed by atoms with Gasteiger partial charge in [-0.05, 0) is 18.1 Å². The summed E-state index contributed by atoms with van der Waals surface area (Å²) in [6.45, 7) is 4.22. The minimum Gasteiger partial charge on any atom is -0.459 e. The zero-order valence-corrected chi connectivity index (χ0v) is 18.0. The van der Waals surface area contributed by atoms with Gasteiger partial charge in [0.25, 0.3) is 0 Å². The van der Waals surface area contributed by atoms with E-state index in [2.05, 4.69) is 11.9 Å². The van der Waals surface area contributed by atoms with Crippen molar-refractivity contribution in [1.29, 1.82) is 0 Å². The lowest BCUT2D eigenvalue weighted by atomic mass is 10.0. The largest absolute Gasteiger partial charge is 0.471 e. The van der Waals surface area contributed by atoms with Gasteiger partial charge in [0.1, 0.15) is 18.7 Å². The molecule has 0 aliphatic heterocycles. The van der Waals surface area contributed by atoms with Crippen molar-refractivity contribution in [3.63, 3.8) is 0 Å². The Labute approximate surface area is 190 Å². The lowest BCUT2D eigenvalue weighted by molar-refractivity contribution is -0.187. The summed E-state index contributed by atoms with van der Waals surface area (Å²) in [5.41, 5.74) is 1.28. The van der Waals surface area contributed by atoms with Gasteiger partial charge >= 0.3 is 18.1 Å². The van der Waals surface area contributed by atoms with Crippen LogP contribution in [0.15, 0.2) is 73.3 Å². The summed E-state index contributed by atoms with van der Waals surface area (Å²) in [4.78, 5) is 37.7. The molecule has 0 saturated heterocycles. The molecule has 0 aromatic heterocycles. The number of nitrogens with zero attached hydrogens (tertiary/aromatic N) is 1. The van der Waals surface area contributed by atoms with Gasteiger partial charge in [-0.15, -0.1) is 6.58 Å². The predicted octanol–water partition coefficient (Wildman–Crippen LogP) is 3.42. The van der Waals surface area contributed by atoms with Crippen LogP contribution >= 0.6 is 0 Å². The summed E-state index contributed by atoms with van der Waals surface area (Å²) in [7, 11) is 0. The highest BCUT2D eigenvalue weighted by molar-refractivity contribution is 5.92. The zero-order valence-electron chi connectivity index (χ0n) is 18.0. The summed E-state index contributed by atoms with van der Waals surface area (Å²) < 4.78 is 44.8. The van der Waals surface area contributed by atoms with E-state index in [1.807, 2.05) is 0 Å². The SMILES string of the molecule is C=CCN(C(=O)C(F)(F)F)C(Cc1ccccc1)C(=O)NC(C)C(=O)OCc1ccccc1. The quantitative estimate of drug-likeness (QED) is 0.434. The number of nitrogens with one attached hydrogen (secondary N) is 1. The average molecular weight is 462 g/mol. The van der Waals surface area contributed by atoms with Crippen LogP contribution in [-0.2, 0) is 32.1 Å². The first-order chi connectivity index (χ1) is 15.6. The number of hydrogen-bond acceptors (Lipinski definition) is 4. The van der Waals surface area contributed by atoms with Crippen molar-refractivity contribution >= 4 is 17.8 Å². The van der Waals surface area contributed by atoms with E-state index in [0.717, 1.165) is 11.6 Å². The van der Waals surface area contributed by atoms with Crippen LogP contribution in [0.5, 0.6) is 0 Å². The number of hydrogen-bond donors (Lipinski definition) is 1. The summed E-state index contributed by atoms with van der Waals surface area (Å²) in [5, 5.41) is 2.37. The van der Waals surface area contributed by atoms with Crippen LogP contribution in [0.25, 0.3) is 0 Å². The Balaban J connectivity index is 2.18. The topological polar surface area (TPSA) is 75.7 Å². The molecule has 2 aromatic carbocycles. The number of carbonyl (C=O) groups excluding carboxylic acids is 3. The Morgan fingerprint density at radius 2 is 1.58 bits per heavy atom. The van der Waals surface area contributed by atoms with E-state index >= 15 is 0 Å². The maximum absolute atomic E-state index is 13.2. The lowest BCUT2D eigenvalue weighted by Gasteiger charge is -2.31. The molecule has 0 bridgehead atoms. The van der Waals surface area contributed by atoms with Gasteiger partial charge in [-0.3, -0.25) is 9.59 Å². The molecule has 0 aliphatic rings. The van der Waals surface area contributed by atoms with E-state index in [9.17, 15) is 27.6 Å². The van der Waals surface area contributed by atoms with Crippen molar-refractivity contribution in [3.8, 4) is 0 Å². The van der Waals surface area contributed by atoms with Gasteiger partial charge in [-0.1, -0.05) is 66.7 Å². The van der Waals surface area contributed by atoms with Crippen LogP contribution in [-0.4, -0.2) is 47.5 Å². The second-order valence-electron chi connectivity index (χ2n) is 7.27. The summed E-state index contributed by atoms with van der Waals surface area (Å²) in [6.07, 6.45) is -4.26. The lowest BCUT2D eigenvalue weighted by Crippen LogP contribution is -2.56. The van der Waals surface area contributed by atoms with Gasteiger partial charge in [-0.2, -0.15) is 13.2 Å². The van der Waals surface area contributed by atoms with Gasteiger partial charge in [0.15, 0.2) is 0 Å². The van der Waals surface area contributed by atoms with Crippen molar-refractivity contribution < 1.29 is 32.3 Å². The summed E-state index contributed by atoms with van der Waals surface area (Å²) in [6, 6.07) is 14.5. The molecule has 0 fully saturated rings. The van der Waals surface area contributed by atoms with E-state index in [4.69, 9.17) is 4.74 Å². The van der Waals surface area contributed by atoms with Gasteiger partial charge in [-0.25, -0.2) is 4.79 Å². The maximum atomic E-state index is 13.2. The van der Waals surface area contributed by atoms with Crippen LogP contribution in [0.4, 0.5) is 13.2 Å². The van der Waals surface area contributed by atoms with Gasteiger partial charge in [0, 0.05) is 13.0 Å². The third-order valence-corrected chi connectivity index (χ3v) is 4.72. The number of rotatable bonds is 10. The second-order valence-corrected chi connectivity index (χ2v) is 7.27. The Kier molecular flexibility index (Phi) is 9.20. The number of amides is 2. The highest BCUT2D eigenvalue weighted by atomic mass is 19.4. The minimum atomic E-state index is -5.18. The summed E-state index contributed by atoms with van der Waals surface area (Å²) in [5.74, 6) is -3.84. The molecule has 0 saturated carbocycles. The van der Waals surface area contributed by atoms with E-state index in [1.165, 1.54) is 6.92 Å². The normalized spacial score (nSPS) is 12.8. The first-order valence-electron chi connectivity index (χ1n) is 10.2. The molecule has 1 N–H and O–H groups in total. The number of halogens is 3. The fraction of sp³-hybridized carbons (Fsp3) is 0.292. The zero-order chi connectivity index (χ0) is 24.4. The molecule has 2 atom stereocenters. The van der Waals surface area contributed by atoms with Crippen LogP contribution in [0, 0.1) is 0 Å². The Hall–Kier alpha value is -3.62. The highest BCUT2D eigenvalue weighted by Gasteiger charge is 2.46. The molecule has 0 aliphatic carbocycles. The molecular weight excluding hydrogens is 437 g/mol. The first-order valence-corrected chi connectivity index (χ1v) is 10.2. The molecule has 2 rings (SSSR count). The standard InChI is InChI=1S/C24H25F3N2O4/c1-3-14-29(23(32)24(25,26)27)20(15-18-10-6-4-7-11-18)21(30)28-17(2)22(31)33-16-19-12-8-5-9-13-19/h3-13,17,20H,1,14-16H2,2H3,(H,28,30). The predicted molar refractivity (Wildman–Crippen MR) is 116 cm³/mol. The van der Waals surface area contributed by atoms with E-state index in [-0.39, 0.29) is 13.0 Å². The molecule has 0 spiro atoms. The molecule has 2 unspecified atom stereocenters. The van der Waals surface area contributed by atoms with Crippen molar-refractivity contribution in [2.75, 3.05) is 6.54 Å². The molecule has 2 amide bonds. The number of esters is 1. The van der Waals surface area contributed by atoms with Crippen molar-refractivity contribution in [2.24, 2.45) is 0 Å². The Morgan fingerprint density at radius 1 is 1.03 bits per heavy atom. The monoisotopic (exact) mass is 462 g/mol.